The highest BCUT2D eigenvalue weighted by molar-refractivity contribution is 7.19. The van der Waals surface area contributed by atoms with Crippen molar-refractivity contribution in [3.8, 4) is 33.2 Å². The van der Waals surface area contributed by atoms with E-state index in [4.69, 9.17) is 21.6 Å². The highest BCUT2D eigenvalue weighted by Crippen LogP contribution is 2.35. The van der Waals surface area contributed by atoms with Crippen molar-refractivity contribution in [3.05, 3.63) is 52.8 Å². The maximum atomic E-state index is 6.15. The summed E-state index contributed by atoms with van der Waals surface area (Å²) in [6.45, 7) is 2.09. The number of halogens is 1. The minimum Gasteiger partial charge on any atom is -0.335 e. The number of pyridine rings is 2. The summed E-state index contributed by atoms with van der Waals surface area (Å²) >= 11 is 7.67. The van der Waals surface area contributed by atoms with Crippen molar-refractivity contribution in [2.45, 2.75) is 13.3 Å². The van der Waals surface area contributed by atoms with Gasteiger partial charge in [-0.15, -0.1) is 11.3 Å². The van der Waals surface area contributed by atoms with Gasteiger partial charge in [0.15, 0.2) is 17.2 Å². The second kappa shape index (κ2) is 7.25. The number of imidazole rings is 1. The number of H-pyrrole nitrogens is 2. The molecule has 8 nitrogen and oxygen atoms in total. The fourth-order valence-corrected chi connectivity index (χ4v) is 4.99. The van der Waals surface area contributed by atoms with Gasteiger partial charge in [-0.25, -0.2) is 15.0 Å². The number of fused-ring (bicyclic) bond motifs is 2. The van der Waals surface area contributed by atoms with E-state index < -0.39 is 0 Å². The molecule has 0 atom stereocenters. The Balaban J connectivity index is 1.51. The van der Waals surface area contributed by atoms with Crippen molar-refractivity contribution in [2.75, 3.05) is 0 Å². The predicted octanol–water partition coefficient (Wildman–Crippen LogP) is 5.24. The van der Waals surface area contributed by atoms with Crippen molar-refractivity contribution >= 4 is 45.1 Å². The Hall–Kier alpha value is -3.56. The molecule has 6 rings (SSSR count). The van der Waals surface area contributed by atoms with Crippen LogP contribution < -0.4 is 0 Å². The molecule has 0 aliphatic carbocycles. The van der Waals surface area contributed by atoms with Gasteiger partial charge < -0.3 is 4.98 Å². The van der Waals surface area contributed by atoms with Gasteiger partial charge in [-0.3, -0.25) is 9.78 Å². The van der Waals surface area contributed by atoms with E-state index in [1.807, 2.05) is 48.3 Å². The first kappa shape index (κ1) is 19.1. The molecular weight excluding hydrogens is 444 g/mol. The first-order valence-corrected chi connectivity index (χ1v) is 11.3. The van der Waals surface area contributed by atoms with Gasteiger partial charge >= 0.3 is 0 Å². The van der Waals surface area contributed by atoms with Crippen LogP contribution in [0, 0.1) is 0 Å². The summed E-state index contributed by atoms with van der Waals surface area (Å²) in [5.74, 6) is 0.611. The summed E-state index contributed by atoms with van der Waals surface area (Å²) in [5.41, 5.74) is 7.58. The maximum Gasteiger partial charge on any atom is 0.178 e. The number of nitrogens with one attached hydrogen (secondary N) is 2. The standard InChI is InChI=1S/C22H17ClN8S/c1-3-13-12(10-31(2)30-13)14-4-5-15-19(25-14)20(29-28-15)22-26-18-11(8-9-24-21(18)27-22)16-6-7-17(23)32-16/h4-10H,3H2,1-2H3,(H,28,29)(H,24,26,27). The van der Waals surface area contributed by atoms with Gasteiger partial charge in [0.2, 0.25) is 0 Å². The van der Waals surface area contributed by atoms with Crippen LogP contribution in [0.4, 0.5) is 0 Å². The number of aromatic nitrogens is 8. The van der Waals surface area contributed by atoms with Crippen LogP contribution in [0.1, 0.15) is 12.6 Å². The average Bonchev–Trinajstić information content (AvgIpc) is 3.57. The van der Waals surface area contributed by atoms with Crippen molar-refractivity contribution < 1.29 is 0 Å². The Morgan fingerprint density at radius 3 is 2.81 bits per heavy atom. The fraction of sp³-hybridized carbons (Fsp3) is 0.136. The number of aromatic amines is 2. The molecule has 0 bridgehead atoms. The van der Waals surface area contributed by atoms with E-state index in [1.54, 1.807) is 6.20 Å². The zero-order valence-corrected chi connectivity index (χ0v) is 18.8. The summed E-state index contributed by atoms with van der Waals surface area (Å²) in [6.07, 6.45) is 4.58. The van der Waals surface area contributed by atoms with Gasteiger partial charge in [0.05, 0.1) is 26.8 Å². The monoisotopic (exact) mass is 460 g/mol. The van der Waals surface area contributed by atoms with Crippen LogP contribution in [0.15, 0.2) is 42.7 Å². The zero-order valence-electron chi connectivity index (χ0n) is 17.2. The van der Waals surface area contributed by atoms with Gasteiger partial charge in [-0.1, -0.05) is 18.5 Å². The summed E-state index contributed by atoms with van der Waals surface area (Å²) in [4.78, 5) is 18.5. The molecule has 6 aromatic rings. The topological polar surface area (TPSA) is 101 Å². The highest BCUT2D eigenvalue weighted by atomic mass is 35.5. The SMILES string of the molecule is CCc1nn(C)cc1-c1ccc2[nH]nc(-c3nc4nccc(-c5ccc(Cl)s5)c4[nH]3)c2n1. The molecule has 0 aliphatic heterocycles. The Kier molecular flexibility index (Phi) is 4.34. The summed E-state index contributed by atoms with van der Waals surface area (Å²) in [7, 11) is 1.92. The van der Waals surface area contributed by atoms with Crippen LogP contribution in [0.5, 0.6) is 0 Å². The summed E-state index contributed by atoms with van der Waals surface area (Å²) in [5, 5.41) is 12.1. The minimum atomic E-state index is 0.611. The number of thiophene rings is 1. The minimum absolute atomic E-state index is 0.611. The molecule has 0 spiro atoms. The second-order valence-corrected chi connectivity index (χ2v) is 9.14. The number of aryl methyl sites for hydroxylation is 2. The van der Waals surface area contributed by atoms with Gasteiger partial charge in [0, 0.05) is 35.4 Å². The lowest BCUT2D eigenvalue weighted by atomic mass is 10.1. The molecule has 0 unspecified atom stereocenters. The molecule has 158 valence electrons. The molecular formula is C22H17ClN8S. The normalized spacial score (nSPS) is 11.7. The van der Waals surface area contributed by atoms with Crippen LogP contribution in [-0.4, -0.2) is 39.9 Å². The Bertz CT molecular complexity index is 1610. The van der Waals surface area contributed by atoms with E-state index in [0.717, 1.165) is 54.7 Å². The van der Waals surface area contributed by atoms with Crippen LogP contribution in [0.25, 0.3) is 55.4 Å². The largest absolute Gasteiger partial charge is 0.335 e. The molecule has 0 saturated heterocycles. The lowest BCUT2D eigenvalue weighted by Gasteiger charge is -2.00. The molecule has 0 aliphatic rings. The third-order valence-corrected chi connectivity index (χ3v) is 6.64. The number of hydrogen-bond acceptors (Lipinski definition) is 6. The molecule has 32 heavy (non-hydrogen) atoms. The first-order chi connectivity index (χ1) is 15.6. The van der Waals surface area contributed by atoms with Crippen LogP contribution in [0.3, 0.4) is 0 Å². The zero-order chi connectivity index (χ0) is 21.8. The molecule has 0 amide bonds. The van der Waals surface area contributed by atoms with Crippen molar-refractivity contribution in [1.29, 1.82) is 0 Å². The second-order valence-electron chi connectivity index (χ2n) is 7.43. The van der Waals surface area contributed by atoms with Crippen LogP contribution in [-0.2, 0) is 13.5 Å². The van der Waals surface area contributed by atoms with E-state index >= 15 is 0 Å². The molecule has 0 aromatic carbocycles. The van der Waals surface area contributed by atoms with Gasteiger partial charge in [0.1, 0.15) is 5.52 Å². The quantitative estimate of drug-likeness (QED) is 0.374. The van der Waals surface area contributed by atoms with Gasteiger partial charge in [-0.2, -0.15) is 10.2 Å². The summed E-state index contributed by atoms with van der Waals surface area (Å²) < 4.78 is 2.56. The Morgan fingerprint density at radius 1 is 1.09 bits per heavy atom. The van der Waals surface area contributed by atoms with Gasteiger partial charge in [-0.05, 0) is 36.8 Å². The molecule has 2 N–H and O–H groups in total. The van der Waals surface area contributed by atoms with Crippen molar-refractivity contribution in [1.82, 2.24) is 39.9 Å². The number of rotatable bonds is 4. The third kappa shape index (κ3) is 3.01. The first-order valence-electron chi connectivity index (χ1n) is 10.1. The molecule has 6 aromatic heterocycles. The van der Waals surface area contributed by atoms with E-state index in [-0.39, 0.29) is 0 Å². The van der Waals surface area contributed by atoms with E-state index in [0.29, 0.717) is 17.2 Å². The third-order valence-electron chi connectivity index (χ3n) is 5.38. The molecule has 0 fully saturated rings. The van der Waals surface area contributed by atoms with E-state index in [1.165, 1.54) is 11.3 Å². The van der Waals surface area contributed by atoms with Crippen molar-refractivity contribution in [3.63, 3.8) is 0 Å². The predicted molar refractivity (Wildman–Crippen MR) is 127 cm³/mol. The lowest BCUT2D eigenvalue weighted by Crippen LogP contribution is -1.90. The highest BCUT2D eigenvalue weighted by Gasteiger charge is 2.18. The van der Waals surface area contributed by atoms with Crippen molar-refractivity contribution in [2.24, 2.45) is 7.05 Å². The molecule has 10 heteroatoms. The fourth-order valence-electron chi connectivity index (χ4n) is 3.91. The Labute approximate surface area is 191 Å². The van der Waals surface area contributed by atoms with Gasteiger partial charge in [0.25, 0.3) is 0 Å². The average molecular weight is 461 g/mol. The maximum absolute atomic E-state index is 6.15. The molecule has 0 saturated carbocycles. The lowest BCUT2D eigenvalue weighted by molar-refractivity contribution is 0.746. The van der Waals surface area contributed by atoms with E-state index in [9.17, 15) is 0 Å². The van der Waals surface area contributed by atoms with E-state index in [2.05, 4.69) is 32.2 Å². The Morgan fingerprint density at radius 2 is 2.00 bits per heavy atom. The van der Waals surface area contributed by atoms with Crippen LogP contribution in [0.2, 0.25) is 4.34 Å². The smallest absolute Gasteiger partial charge is 0.178 e. The van der Waals surface area contributed by atoms with Crippen LogP contribution >= 0.6 is 22.9 Å². The number of nitrogens with zero attached hydrogens (tertiary/aromatic N) is 6. The summed E-state index contributed by atoms with van der Waals surface area (Å²) in [6, 6.07) is 9.82. The molecule has 0 radical (unpaired) electrons. The number of hydrogen-bond donors (Lipinski definition) is 2. The molecule has 6 heterocycles.